The minimum absolute atomic E-state index is 0.559. The topological polar surface area (TPSA) is 0 Å². The molecule has 2 aromatic carbocycles. The second-order valence-corrected chi connectivity index (χ2v) is 5.71. The van der Waals surface area contributed by atoms with E-state index >= 15 is 0 Å². The zero-order valence-electron chi connectivity index (χ0n) is 8.79. The predicted molar refractivity (Wildman–Crippen MR) is 77.5 cm³/mol. The summed E-state index contributed by atoms with van der Waals surface area (Å²) in [5, 5.41) is 1.76. The van der Waals surface area contributed by atoms with Crippen LogP contribution in [0.3, 0.4) is 0 Å². The van der Waals surface area contributed by atoms with Crippen molar-refractivity contribution in [1.29, 1.82) is 0 Å². The van der Waals surface area contributed by atoms with Gasteiger partial charge in [-0.15, -0.1) is 11.8 Å². The number of thioether (sulfide) groups is 1. The van der Waals surface area contributed by atoms with Crippen LogP contribution < -0.4 is 0 Å². The van der Waals surface area contributed by atoms with Crippen molar-refractivity contribution in [2.45, 2.75) is 10.6 Å². The first-order chi connectivity index (χ1) is 8.16. The van der Waals surface area contributed by atoms with Crippen molar-refractivity contribution in [1.82, 2.24) is 0 Å². The van der Waals surface area contributed by atoms with Crippen LogP contribution >= 0.6 is 46.6 Å². The molecule has 0 N–H and O–H groups in total. The third-order valence-electron chi connectivity index (χ3n) is 2.19. The van der Waals surface area contributed by atoms with Crippen molar-refractivity contribution < 1.29 is 0 Å². The molecule has 0 saturated heterocycles. The van der Waals surface area contributed by atoms with Crippen molar-refractivity contribution in [3.05, 3.63) is 63.1 Å². The third kappa shape index (κ3) is 3.56. The quantitative estimate of drug-likeness (QED) is 0.632. The molecule has 0 aliphatic heterocycles. The zero-order chi connectivity index (χ0) is 12.3. The Kier molecular flexibility index (Phi) is 4.63. The van der Waals surface area contributed by atoms with Gasteiger partial charge in [0.1, 0.15) is 0 Å². The van der Waals surface area contributed by atoms with E-state index in [4.69, 9.17) is 34.8 Å². The Morgan fingerprint density at radius 1 is 0.882 bits per heavy atom. The second-order valence-electron chi connectivity index (χ2n) is 3.47. The first-order valence-electron chi connectivity index (χ1n) is 4.98. The number of hydrogen-bond donors (Lipinski definition) is 0. The van der Waals surface area contributed by atoms with E-state index in [1.54, 1.807) is 23.9 Å². The highest BCUT2D eigenvalue weighted by molar-refractivity contribution is 7.98. The van der Waals surface area contributed by atoms with Gasteiger partial charge in [0, 0.05) is 15.7 Å². The van der Waals surface area contributed by atoms with E-state index in [2.05, 4.69) is 12.1 Å². The lowest BCUT2D eigenvalue weighted by Crippen LogP contribution is -1.82. The average molecular weight is 304 g/mol. The maximum Gasteiger partial charge on any atom is 0.0571 e. The van der Waals surface area contributed by atoms with E-state index in [1.807, 2.05) is 18.2 Å². The normalized spacial score (nSPS) is 10.5. The van der Waals surface area contributed by atoms with Crippen LogP contribution in [0.4, 0.5) is 0 Å². The van der Waals surface area contributed by atoms with Crippen LogP contribution in [0.1, 0.15) is 5.56 Å². The summed E-state index contributed by atoms with van der Waals surface area (Å²) >= 11 is 19.7. The molecular formula is C13H9Cl3S. The molecule has 0 atom stereocenters. The Morgan fingerprint density at radius 3 is 2.06 bits per heavy atom. The van der Waals surface area contributed by atoms with E-state index in [-0.39, 0.29) is 0 Å². The van der Waals surface area contributed by atoms with Crippen LogP contribution in [-0.2, 0) is 5.75 Å². The van der Waals surface area contributed by atoms with Gasteiger partial charge in [0.15, 0.2) is 0 Å². The molecule has 0 fully saturated rings. The molecule has 0 spiro atoms. The van der Waals surface area contributed by atoms with Gasteiger partial charge in [-0.05, 0) is 17.7 Å². The van der Waals surface area contributed by atoms with Crippen LogP contribution in [0.15, 0.2) is 47.4 Å². The summed E-state index contributed by atoms with van der Waals surface area (Å²) < 4.78 is 0. The summed E-state index contributed by atoms with van der Waals surface area (Å²) in [5.41, 5.74) is 1.24. The molecule has 0 bridgehead atoms. The van der Waals surface area contributed by atoms with Crippen molar-refractivity contribution in [3.8, 4) is 0 Å². The molecule has 4 heteroatoms. The van der Waals surface area contributed by atoms with Gasteiger partial charge in [-0.2, -0.15) is 0 Å². The summed E-state index contributed by atoms with van der Waals surface area (Å²) in [6.45, 7) is 0. The molecule has 0 saturated carbocycles. The van der Waals surface area contributed by atoms with Crippen LogP contribution in [0.2, 0.25) is 15.1 Å². The van der Waals surface area contributed by atoms with Crippen molar-refractivity contribution >= 4 is 46.6 Å². The molecule has 88 valence electrons. The summed E-state index contributed by atoms with van der Waals surface area (Å²) in [6, 6.07) is 13.6. The highest BCUT2D eigenvalue weighted by atomic mass is 35.5. The number of halogens is 3. The molecule has 0 radical (unpaired) electrons. The highest BCUT2D eigenvalue weighted by Gasteiger charge is 2.08. The first kappa shape index (κ1) is 13.1. The molecule has 17 heavy (non-hydrogen) atoms. The Balaban J connectivity index is 2.15. The molecule has 0 amide bonds. The van der Waals surface area contributed by atoms with Gasteiger partial charge in [0.2, 0.25) is 0 Å². The molecule has 2 aromatic rings. The van der Waals surface area contributed by atoms with E-state index < -0.39 is 0 Å². The Labute approximate surface area is 120 Å². The molecule has 2 rings (SSSR count). The fourth-order valence-electron chi connectivity index (χ4n) is 1.40. The summed E-state index contributed by atoms with van der Waals surface area (Å²) in [7, 11) is 0. The Morgan fingerprint density at radius 2 is 1.47 bits per heavy atom. The lowest BCUT2D eigenvalue weighted by molar-refractivity contribution is 1.38. The molecule has 0 unspecified atom stereocenters. The van der Waals surface area contributed by atoms with Crippen LogP contribution in [-0.4, -0.2) is 0 Å². The first-order valence-corrected chi connectivity index (χ1v) is 7.10. The smallest absolute Gasteiger partial charge is 0.0571 e. The monoisotopic (exact) mass is 302 g/mol. The highest BCUT2D eigenvalue weighted by Crippen LogP contribution is 2.37. The van der Waals surface area contributed by atoms with Gasteiger partial charge < -0.3 is 0 Å². The Bertz CT molecular complexity index is 488. The molecule has 0 aliphatic carbocycles. The fraction of sp³-hybridized carbons (Fsp3) is 0.0769. The maximum atomic E-state index is 6.11. The lowest BCUT2D eigenvalue weighted by atomic mass is 10.2. The van der Waals surface area contributed by atoms with E-state index in [9.17, 15) is 0 Å². The second kappa shape index (κ2) is 6.01. The largest absolute Gasteiger partial charge is 0.118 e. The molecule has 0 nitrogen and oxygen atoms in total. The van der Waals surface area contributed by atoms with Gasteiger partial charge in [-0.1, -0.05) is 65.1 Å². The molecule has 0 heterocycles. The molecular weight excluding hydrogens is 295 g/mol. The van der Waals surface area contributed by atoms with Crippen LogP contribution in [0.5, 0.6) is 0 Å². The number of rotatable bonds is 3. The minimum Gasteiger partial charge on any atom is -0.118 e. The van der Waals surface area contributed by atoms with Crippen LogP contribution in [0, 0.1) is 0 Å². The van der Waals surface area contributed by atoms with Gasteiger partial charge in [0.25, 0.3) is 0 Å². The third-order valence-corrected chi connectivity index (χ3v) is 4.43. The maximum absolute atomic E-state index is 6.11. The SMILES string of the molecule is Clc1cc(Cl)c(SCc2ccccc2)c(Cl)c1. The predicted octanol–water partition coefficient (Wildman–Crippen LogP) is 5.94. The number of benzene rings is 2. The van der Waals surface area contributed by atoms with Gasteiger partial charge in [0.05, 0.1) is 10.0 Å². The zero-order valence-corrected chi connectivity index (χ0v) is 11.9. The summed E-state index contributed by atoms with van der Waals surface area (Å²) in [5.74, 6) is 0.835. The Hall–Kier alpha value is -0.340. The van der Waals surface area contributed by atoms with Gasteiger partial charge in [-0.3, -0.25) is 0 Å². The van der Waals surface area contributed by atoms with E-state index in [0.29, 0.717) is 15.1 Å². The van der Waals surface area contributed by atoms with Gasteiger partial charge >= 0.3 is 0 Å². The molecule has 0 aromatic heterocycles. The average Bonchev–Trinajstić information content (AvgIpc) is 2.29. The minimum atomic E-state index is 0.559. The summed E-state index contributed by atoms with van der Waals surface area (Å²) in [6.07, 6.45) is 0. The summed E-state index contributed by atoms with van der Waals surface area (Å²) in [4.78, 5) is 0.876. The molecule has 0 aliphatic rings. The van der Waals surface area contributed by atoms with E-state index in [0.717, 1.165) is 10.6 Å². The fourth-order valence-corrected chi connectivity index (χ4v) is 3.44. The van der Waals surface area contributed by atoms with Crippen molar-refractivity contribution in [2.24, 2.45) is 0 Å². The number of hydrogen-bond acceptors (Lipinski definition) is 1. The standard InChI is InChI=1S/C13H9Cl3S/c14-10-6-11(15)13(12(16)7-10)17-8-9-4-2-1-3-5-9/h1-7H,8H2. The lowest BCUT2D eigenvalue weighted by Gasteiger charge is -2.07. The van der Waals surface area contributed by atoms with Crippen LogP contribution in [0.25, 0.3) is 0 Å². The van der Waals surface area contributed by atoms with E-state index in [1.165, 1.54) is 5.56 Å². The van der Waals surface area contributed by atoms with Crippen molar-refractivity contribution in [3.63, 3.8) is 0 Å². The van der Waals surface area contributed by atoms with Gasteiger partial charge in [-0.25, -0.2) is 0 Å². The van der Waals surface area contributed by atoms with Crippen molar-refractivity contribution in [2.75, 3.05) is 0 Å².